The Labute approximate surface area is 200 Å². The first-order valence-electron chi connectivity index (χ1n) is 11.3. The van der Waals surface area contributed by atoms with Crippen LogP contribution in [0.2, 0.25) is 0 Å². The van der Waals surface area contributed by atoms with Crippen molar-refractivity contribution in [2.24, 2.45) is 0 Å². The molecule has 1 amide bonds. The molecule has 174 valence electrons. The molecule has 0 radical (unpaired) electrons. The first-order chi connectivity index (χ1) is 16.7. The highest BCUT2D eigenvalue weighted by Gasteiger charge is 2.23. The summed E-state index contributed by atoms with van der Waals surface area (Å²) in [6, 6.07) is 11.1. The van der Waals surface area contributed by atoms with Crippen molar-refractivity contribution in [3.05, 3.63) is 83.2 Å². The van der Waals surface area contributed by atoms with Crippen LogP contribution in [0, 0.1) is 0 Å². The van der Waals surface area contributed by atoms with E-state index in [4.69, 9.17) is 4.42 Å². The van der Waals surface area contributed by atoms with Gasteiger partial charge in [-0.2, -0.15) is 0 Å². The van der Waals surface area contributed by atoms with Gasteiger partial charge in [0.1, 0.15) is 5.76 Å². The zero-order valence-electron chi connectivity index (χ0n) is 18.7. The second kappa shape index (κ2) is 9.72. The van der Waals surface area contributed by atoms with Gasteiger partial charge in [0.2, 0.25) is 11.7 Å². The predicted octanol–water partition coefficient (Wildman–Crippen LogP) is 4.40. The van der Waals surface area contributed by atoms with Gasteiger partial charge in [-0.25, -0.2) is 0 Å². The van der Waals surface area contributed by atoms with Crippen molar-refractivity contribution < 1.29 is 9.21 Å². The van der Waals surface area contributed by atoms with Crippen LogP contribution in [0.15, 0.2) is 81.5 Å². The zero-order chi connectivity index (χ0) is 23.5. The van der Waals surface area contributed by atoms with Crippen LogP contribution in [0.4, 0.5) is 0 Å². The number of amides is 1. The van der Waals surface area contributed by atoms with Gasteiger partial charge in [-0.3, -0.25) is 18.6 Å². The van der Waals surface area contributed by atoms with Gasteiger partial charge in [-0.15, -0.1) is 16.8 Å². The Balaban J connectivity index is 1.47. The van der Waals surface area contributed by atoms with Crippen molar-refractivity contribution in [1.82, 2.24) is 24.1 Å². The highest BCUT2D eigenvalue weighted by Crippen LogP contribution is 2.26. The first kappa shape index (κ1) is 22.2. The number of aromatic nitrogens is 4. The molecule has 0 saturated carbocycles. The number of fused-ring (bicyclic) bond motifs is 3. The first-order valence-corrected chi connectivity index (χ1v) is 12.3. The third-order valence-corrected chi connectivity index (χ3v) is 6.84. The molecule has 0 atom stereocenters. The standard InChI is InChI=1S/C25H25N5O3S/c1-2-14-28-23(32)20-12-6-7-13-21(20)30-24(28)26-27-25(30)34-17-22(31)29(16-19-11-8-15-33-19)18-9-4-3-5-10-18/h2,6-9,11-13,15H,1,3-5,10,14,16-17H2. The van der Waals surface area contributed by atoms with Crippen LogP contribution in [0.5, 0.6) is 0 Å². The number of carbonyl (C=O) groups is 1. The molecule has 8 nitrogen and oxygen atoms in total. The summed E-state index contributed by atoms with van der Waals surface area (Å²) in [7, 11) is 0. The molecule has 0 fully saturated rings. The summed E-state index contributed by atoms with van der Waals surface area (Å²) in [5, 5.41) is 9.73. The van der Waals surface area contributed by atoms with Gasteiger partial charge in [0.25, 0.3) is 5.56 Å². The smallest absolute Gasteiger partial charge is 0.263 e. The van der Waals surface area contributed by atoms with Gasteiger partial charge in [-0.1, -0.05) is 36.0 Å². The normalized spacial score (nSPS) is 13.8. The lowest BCUT2D eigenvalue weighted by molar-refractivity contribution is -0.127. The topological polar surface area (TPSA) is 85.6 Å². The maximum atomic E-state index is 13.4. The largest absolute Gasteiger partial charge is 0.467 e. The number of benzene rings is 1. The quantitative estimate of drug-likeness (QED) is 0.277. The van der Waals surface area contributed by atoms with Crippen molar-refractivity contribution in [3.63, 3.8) is 0 Å². The number of allylic oxidation sites excluding steroid dienone is 3. The third kappa shape index (κ3) is 4.19. The van der Waals surface area contributed by atoms with Crippen LogP contribution in [-0.4, -0.2) is 35.7 Å². The maximum absolute atomic E-state index is 13.4. The molecule has 0 aliphatic heterocycles. The van der Waals surface area contributed by atoms with E-state index in [0.717, 1.165) is 37.1 Å². The summed E-state index contributed by atoms with van der Waals surface area (Å²) >= 11 is 1.32. The number of furan rings is 1. The summed E-state index contributed by atoms with van der Waals surface area (Å²) in [5.41, 5.74) is 1.62. The van der Waals surface area contributed by atoms with Gasteiger partial charge in [0, 0.05) is 12.2 Å². The lowest BCUT2D eigenvalue weighted by Gasteiger charge is -2.27. The average molecular weight is 476 g/mol. The third-order valence-electron chi connectivity index (χ3n) is 5.92. The minimum absolute atomic E-state index is 0.0185. The number of hydrogen-bond donors (Lipinski definition) is 0. The fourth-order valence-electron chi connectivity index (χ4n) is 4.30. The van der Waals surface area contributed by atoms with Crippen LogP contribution in [0.3, 0.4) is 0 Å². The van der Waals surface area contributed by atoms with Crippen molar-refractivity contribution in [1.29, 1.82) is 0 Å². The number of carbonyl (C=O) groups excluding carboxylic acids is 1. The van der Waals surface area contributed by atoms with Gasteiger partial charge in [-0.05, 0) is 49.9 Å². The average Bonchev–Trinajstić information content (AvgIpc) is 3.54. The molecular weight excluding hydrogens is 450 g/mol. The Morgan fingerprint density at radius 2 is 2.09 bits per heavy atom. The number of nitrogens with zero attached hydrogens (tertiary/aromatic N) is 5. The van der Waals surface area contributed by atoms with E-state index in [1.165, 1.54) is 11.8 Å². The zero-order valence-corrected chi connectivity index (χ0v) is 19.5. The summed E-state index contributed by atoms with van der Waals surface area (Å²) in [6.07, 6.45) is 9.51. The number of para-hydroxylation sites is 1. The van der Waals surface area contributed by atoms with E-state index in [0.29, 0.717) is 34.9 Å². The monoisotopic (exact) mass is 475 g/mol. The highest BCUT2D eigenvalue weighted by molar-refractivity contribution is 7.99. The molecule has 4 aromatic rings. The molecule has 0 N–H and O–H groups in total. The van der Waals surface area contributed by atoms with Gasteiger partial charge < -0.3 is 9.32 Å². The second-order valence-electron chi connectivity index (χ2n) is 8.13. The molecule has 34 heavy (non-hydrogen) atoms. The van der Waals surface area contributed by atoms with Crippen LogP contribution in [0.25, 0.3) is 16.7 Å². The molecule has 1 aliphatic rings. The maximum Gasteiger partial charge on any atom is 0.263 e. The summed E-state index contributed by atoms with van der Waals surface area (Å²) in [4.78, 5) is 28.2. The summed E-state index contributed by atoms with van der Waals surface area (Å²) in [6.45, 7) is 4.48. The van der Waals surface area contributed by atoms with E-state index in [1.54, 1.807) is 23.0 Å². The minimum atomic E-state index is -0.142. The fourth-order valence-corrected chi connectivity index (χ4v) is 5.12. The lowest BCUT2D eigenvalue weighted by atomic mass is 10.0. The summed E-state index contributed by atoms with van der Waals surface area (Å²) < 4.78 is 8.90. The molecule has 0 unspecified atom stereocenters. The van der Waals surface area contributed by atoms with E-state index in [-0.39, 0.29) is 17.2 Å². The Kier molecular flexibility index (Phi) is 6.35. The van der Waals surface area contributed by atoms with Gasteiger partial charge in [0.05, 0.1) is 29.5 Å². The lowest BCUT2D eigenvalue weighted by Crippen LogP contribution is -2.32. The van der Waals surface area contributed by atoms with E-state index in [1.807, 2.05) is 39.6 Å². The Morgan fingerprint density at radius 3 is 2.85 bits per heavy atom. The van der Waals surface area contributed by atoms with Crippen LogP contribution >= 0.6 is 11.8 Å². The molecule has 1 aromatic carbocycles. The molecule has 9 heteroatoms. The van der Waals surface area contributed by atoms with Crippen LogP contribution in [0.1, 0.15) is 31.4 Å². The molecule has 0 bridgehead atoms. The molecule has 5 rings (SSSR count). The number of thioether (sulfide) groups is 1. The summed E-state index contributed by atoms with van der Waals surface area (Å²) in [5.74, 6) is 1.35. The SMILES string of the molecule is C=CCn1c(=O)c2ccccc2n2c(SCC(=O)N(Cc3ccco3)C3=CCCCC3)nnc12. The molecular formula is C25H25N5O3S. The van der Waals surface area contributed by atoms with Crippen molar-refractivity contribution >= 4 is 34.3 Å². The second-order valence-corrected chi connectivity index (χ2v) is 9.07. The van der Waals surface area contributed by atoms with Crippen molar-refractivity contribution in [2.75, 3.05) is 5.75 Å². The molecule has 1 aliphatic carbocycles. The van der Waals surface area contributed by atoms with E-state index < -0.39 is 0 Å². The Hall–Kier alpha value is -3.59. The minimum Gasteiger partial charge on any atom is -0.467 e. The number of hydrogen-bond acceptors (Lipinski definition) is 6. The Bertz CT molecular complexity index is 1430. The molecule has 3 aromatic heterocycles. The van der Waals surface area contributed by atoms with Crippen molar-refractivity contribution in [3.8, 4) is 0 Å². The van der Waals surface area contributed by atoms with E-state index in [9.17, 15) is 9.59 Å². The van der Waals surface area contributed by atoms with Crippen LogP contribution in [-0.2, 0) is 17.9 Å². The van der Waals surface area contributed by atoms with E-state index >= 15 is 0 Å². The van der Waals surface area contributed by atoms with Gasteiger partial charge >= 0.3 is 0 Å². The van der Waals surface area contributed by atoms with Gasteiger partial charge in [0.15, 0.2) is 5.16 Å². The highest BCUT2D eigenvalue weighted by atomic mass is 32.2. The number of rotatable bonds is 8. The van der Waals surface area contributed by atoms with Crippen LogP contribution < -0.4 is 5.56 Å². The fraction of sp³-hybridized carbons (Fsp3) is 0.280. The molecule has 0 saturated heterocycles. The molecule has 0 spiro atoms. The van der Waals surface area contributed by atoms with E-state index in [2.05, 4.69) is 22.9 Å². The molecule has 3 heterocycles. The predicted molar refractivity (Wildman–Crippen MR) is 131 cm³/mol. The van der Waals surface area contributed by atoms with Crippen molar-refractivity contribution in [2.45, 2.75) is 43.9 Å². The Morgan fingerprint density at radius 1 is 1.21 bits per heavy atom.